The van der Waals surface area contributed by atoms with Crippen LogP contribution in [0.4, 0.5) is 0 Å². The van der Waals surface area contributed by atoms with Crippen molar-refractivity contribution in [3.63, 3.8) is 0 Å². The van der Waals surface area contributed by atoms with Crippen LogP contribution in [-0.4, -0.2) is 23.5 Å². The van der Waals surface area contributed by atoms with Gasteiger partial charge in [0.1, 0.15) is 5.75 Å². The van der Waals surface area contributed by atoms with E-state index in [0.29, 0.717) is 5.56 Å². The highest BCUT2D eigenvalue weighted by Crippen LogP contribution is 2.15. The molecule has 0 bridgehead atoms. The molecule has 0 radical (unpaired) electrons. The number of nitrogens with one attached hydrogen (secondary N) is 1. The number of phenols is 1. The minimum absolute atomic E-state index is 0.0386. The Balaban J connectivity index is 2.09. The molecule has 0 saturated carbocycles. The van der Waals surface area contributed by atoms with Crippen molar-refractivity contribution in [2.24, 2.45) is 0 Å². The average molecular weight is 205 g/mol. The van der Waals surface area contributed by atoms with Gasteiger partial charge < -0.3 is 10.4 Å². The summed E-state index contributed by atoms with van der Waals surface area (Å²) in [6, 6.07) is 6.41. The predicted molar refractivity (Wildman–Crippen MR) is 58.1 cm³/mol. The molecule has 1 aromatic rings. The van der Waals surface area contributed by atoms with Gasteiger partial charge in [0.25, 0.3) is 0 Å². The monoisotopic (exact) mass is 205 g/mol. The van der Waals surface area contributed by atoms with Crippen molar-refractivity contribution in [3.05, 3.63) is 29.8 Å². The quantitative estimate of drug-likeness (QED) is 0.723. The Morgan fingerprint density at radius 1 is 1.27 bits per heavy atom. The van der Waals surface area contributed by atoms with Crippen LogP contribution < -0.4 is 5.32 Å². The molecule has 1 aliphatic rings. The first kappa shape index (κ1) is 10.2. The van der Waals surface area contributed by atoms with Crippen molar-refractivity contribution in [3.8, 4) is 5.75 Å². The van der Waals surface area contributed by atoms with Gasteiger partial charge in [-0.3, -0.25) is 4.79 Å². The van der Waals surface area contributed by atoms with Gasteiger partial charge in [-0.2, -0.15) is 0 Å². The zero-order valence-corrected chi connectivity index (χ0v) is 8.57. The Hall–Kier alpha value is -1.35. The highest BCUT2D eigenvalue weighted by molar-refractivity contribution is 6.00. The molecule has 0 amide bonds. The van der Waals surface area contributed by atoms with E-state index in [2.05, 4.69) is 5.32 Å². The van der Waals surface area contributed by atoms with Crippen LogP contribution >= 0.6 is 0 Å². The number of piperidine rings is 1. The van der Waals surface area contributed by atoms with Crippen molar-refractivity contribution < 1.29 is 9.90 Å². The Bertz CT molecular complexity index is 339. The number of rotatable bonds is 2. The van der Waals surface area contributed by atoms with Crippen molar-refractivity contribution in [2.45, 2.75) is 25.3 Å². The standard InChI is InChI=1S/C12H15NO2/c14-10-6-4-9(5-7-10)12(15)11-3-1-2-8-13-11/h4-7,11,13-14H,1-3,8H2/t11-/m0/s1. The number of carbonyl (C=O) groups is 1. The number of hydrogen-bond donors (Lipinski definition) is 2. The highest BCUT2D eigenvalue weighted by atomic mass is 16.3. The molecule has 1 aromatic carbocycles. The Kier molecular flexibility index (Phi) is 3.02. The molecule has 1 aliphatic heterocycles. The van der Waals surface area contributed by atoms with Crippen molar-refractivity contribution >= 4 is 5.78 Å². The summed E-state index contributed by atoms with van der Waals surface area (Å²) in [6.45, 7) is 0.925. The lowest BCUT2D eigenvalue weighted by atomic mass is 9.96. The zero-order valence-electron chi connectivity index (χ0n) is 8.57. The molecule has 2 rings (SSSR count). The Morgan fingerprint density at radius 2 is 2.00 bits per heavy atom. The lowest BCUT2D eigenvalue weighted by Gasteiger charge is -2.22. The van der Waals surface area contributed by atoms with Gasteiger partial charge in [-0.15, -0.1) is 0 Å². The van der Waals surface area contributed by atoms with Crippen LogP contribution in [0.3, 0.4) is 0 Å². The van der Waals surface area contributed by atoms with Crippen LogP contribution in [0, 0.1) is 0 Å². The number of ketones is 1. The molecule has 0 aromatic heterocycles. The summed E-state index contributed by atoms with van der Waals surface area (Å²) in [5.41, 5.74) is 0.673. The first-order valence-corrected chi connectivity index (χ1v) is 5.34. The van der Waals surface area contributed by atoms with Crippen LogP contribution in [-0.2, 0) is 0 Å². The van der Waals surface area contributed by atoms with E-state index in [1.165, 1.54) is 0 Å². The summed E-state index contributed by atoms with van der Waals surface area (Å²) in [7, 11) is 0. The van der Waals surface area contributed by atoms with Crippen LogP contribution in [0.15, 0.2) is 24.3 Å². The van der Waals surface area contributed by atoms with Gasteiger partial charge in [0.15, 0.2) is 5.78 Å². The van der Waals surface area contributed by atoms with Gasteiger partial charge in [-0.05, 0) is 43.7 Å². The minimum atomic E-state index is -0.0386. The Morgan fingerprint density at radius 3 is 2.60 bits per heavy atom. The Labute approximate surface area is 89.1 Å². The van der Waals surface area contributed by atoms with Crippen molar-refractivity contribution in [1.29, 1.82) is 0 Å². The van der Waals surface area contributed by atoms with Gasteiger partial charge in [0.2, 0.25) is 0 Å². The molecule has 1 fully saturated rings. The number of Topliss-reactive ketones (excluding diaryl/α,β-unsaturated/α-hetero) is 1. The number of aromatic hydroxyl groups is 1. The van der Waals surface area contributed by atoms with E-state index in [0.717, 1.165) is 25.8 Å². The molecule has 1 saturated heterocycles. The van der Waals surface area contributed by atoms with Gasteiger partial charge >= 0.3 is 0 Å². The van der Waals surface area contributed by atoms with Crippen molar-refractivity contribution in [2.75, 3.05) is 6.54 Å². The first-order chi connectivity index (χ1) is 7.27. The molecule has 80 valence electrons. The van der Waals surface area contributed by atoms with Gasteiger partial charge in [0, 0.05) is 5.56 Å². The smallest absolute Gasteiger partial charge is 0.179 e. The van der Waals surface area contributed by atoms with Crippen LogP contribution in [0.5, 0.6) is 5.75 Å². The zero-order chi connectivity index (χ0) is 10.7. The third-order valence-corrected chi connectivity index (χ3v) is 2.78. The van der Waals surface area contributed by atoms with E-state index in [4.69, 9.17) is 5.11 Å². The molecular weight excluding hydrogens is 190 g/mol. The highest BCUT2D eigenvalue weighted by Gasteiger charge is 2.21. The molecule has 3 nitrogen and oxygen atoms in total. The molecule has 1 atom stereocenters. The lowest BCUT2D eigenvalue weighted by molar-refractivity contribution is 0.0927. The van der Waals surface area contributed by atoms with Gasteiger partial charge in [0.05, 0.1) is 6.04 Å². The van der Waals surface area contributed by atoms with Gasteiger partial charge in [-0.1, -0.05) is 6.42 Å². The maximum atomic E-state index is 12.0. The molecule has 15 heavy (non-hydrogen) atoms. The van der Waals surface area contributed by atoms with E-state index < -0.39 is 0 Å². The molecule has 0 aliphatic carbocycles. The number of phenolic OH excluding ortho intramolecular Hbond substituents is 1. The fourth-order valence-electron chi connectivity index (χ4n) is 1.90. The summed E-state index contributed by atoms with van der Waals surface area (Å²) in [4.78, 5) is 12.0. The average Bonchev–Trinajstić information content (AvgIpc) is 2.30. The van der Waals surface area contributed by atoms with E-state index >= 15 is 0 Å². The van der Waals surface area contributed by atoms with Gasteiger partial charge in [-0.25, -0.2) is 0 Å². The van der Waals surface area contributed by atoms with Crippen LogP contribution in [0.1, 0.15) is 29.6 Å². The minimum Gasteiger partial charge on any atom is -0.508 e. The summed E-state index contributed by atoms with van der Waals surface area (Å²) in [5, 5.41) is 12.3. The third kappa shape index (κ3) is 2.36. The van der Waals surface area contributed by atoms with E-state index in [1.54, 1.807) is 24.3 Å². The second-order valence-corrected chi connectivity index (χ2v) is 3.91. The van der Waals surface area contributed by atoms with E-state index in [-0.39, 0.29) is 17.6 Å². The molecule has 0 spiro atoms. The summed E-state index contributed by atoms with van der Waals surface area (Å²) < 4.78 is 0. The summed E-state index contributed by atoms with van der Waals surface area (Å²) >= 11 is 0. The number of benzene rings is 1. The molecule has 1 heterocycles. The topological polar surface area (TPSA) is 49.3 Å². The first-order valence-electron chi connectivity index (χ1n) is 5.34. The molecular formula is C12H15NO2. The van der Waals surface area contributed by atoms with Crippen molar-refractivity contribution in [1.82, 2.24) is 5.32 Å². The predicted octanol–water partition coefficient (Wildman–Crippen LogP) is 1.72. The van der Waals surface area contributed by atoms with Crippen LogP contribution in [0.25, 0.3) is 0 Å². The summed E-state index contributed by atoms with van der Waals surface area (Å²) in [5.74, 6) is 0.331. The summed E-state index contributed by atoms with van der Waals surface area (Å²) in [6.07, 6.45) is 3.18. The van der Waals surface area contributed by atoms with E-state index in [9.17, 15) is 4.79 Å². The largest absolute Gasteiger partial charge is 0.508 e. The van der Waals surface area contributed by atoms with Crippen LogP contribution in [0.2, 0.25) is 0 Å². The second kappa shape index (κ2) is 4.45. The second-order valence-electron chi connectivity index (χ2n) is 3.91. The molecule has 3 heteroatoms. The van der Waals surface area contributed by atoms with E-state index in [1.807, 2.05) is 0 Å². The lowest BCUT2D eigenvalue weighted by Crippen LogP contribution is -2.40. The normalized spacial score (nSPS) is 21.2. The maximum Gasteiger partial charge on any atom is 0.179 e. The molecule has 2 N–H and O–H groups in total. The fraction of sp³-hybridized carbons (Fsp3) is 0.417. The number of carbonyl (C=O) groups excluding carboxylic acids is 1. The third-order valence-electron chi connectivity index (χ3n) is 2.78. The fourth-order valence-corrected chi connectivity index (χ4v) is 1.90. The molecule has 0 unspecified atom stereocenters. The number of hydrogen-bond acceptors (Lipinski definition) is 3. The maximum absolute atomic E-state index is 12.0. The SMILES string of the molecule is O=C(c1ccc(O)cc1)[C@@H]1CCCCN1.